The van der Waals surface area contributed by atoms with Crippen molar-refractivity contribution in [2.24, 2.45) is 0 Å². The van der Waals surface area contributed by atoms with Crippen molar-refractivity contribution in [1.82, 2.24) is 19.2 Å². The number of nitrogens with zero attached hydrogens (tertiary/aromatic N) is 4. The molecule has 1 amide bonds. The zero-order valence-electron chi connectivity index (χ0n) is 18.8. The summed E-state index contributed by atoms with van der Waals surface area (Å²) in [5.74, 6) is -1.56. The standard InChI is InChI=1S/C25H25ClN4O4/c1-16-21(29-9-3-2-4-19(29)27-16)23(31)20-22(17-5-7-18(26)8-6-17)30(25(33)24(20)32)11-10-28-12-14-34-15-13-28/h2-9,22,31H,10-15H2,1H3/t22-/m0/s1. The maximum atomic E-state index is 13.3. The van der Waals surface area contributed by atoms with E-state index < -0.39 is 17.7 Å². The van der Waals surface area contributed by atoms with Gasteiger partial charge in [-0.25, -0.2) is 4.98 Å². The van der Waals surface area contributed by atoms with E-state index in [1.54, 1.807) is 46.7 Å². The first-order chi connectivity index (χ1) is 16.5. The molecule has 4 heterocycles. The summed E-state index contributed by atoms with van der Waals surface area (Å²) in [6.07, 6.45) is 1.77. The number of aryl methyl sites for hydroxylation is 1. The highest BCUT2D eigenvalue weighted by atomic mass is 35.5. The molecular weight excluding hydrogens is 456 g/mol. The molecule has 8 nitrogen and oxygen atoms in total. The first-order valence-electron chi connectivity index (χ1n) is 11.2. The Hall–Kier alpha value is -3.20. The second kappa shape index (κ2) is 9.21. The molecule has 2 saturated heterocycles. The summed E-state index contributed by atoms with van der Waals surface area (Å²) in [6, 6.07) is 11.8. The van der Waals surface area contributed by atoms with E-state index in [1.807, 2.05) is 18.2 Å². The number of morpholine rings is 1. The second-order valence-electron chi connectivity index (χ2n) is 8.47. The van der Waals surface area contributed by atoms with Gasteiger partial charge in [0, 0.05) is 37.4 Å². The topological polar surface area (TPSA) is 87.4 Å². The Labute approximate surface area is 202 Å². The lowest BCUT2D eigenvalue weighted by atomic mass is 9.96. The van der Waals surface area contributed by atoms with Crippen molar-refractivity contribution >= 4 is 34.7 Å². The fraction of sp³-hybridized carbons (Fsp3) is 0.320. The maximum absolute atomic E-state index is 13.3. The van der Waals surface area contributed by atoms with Crippen LogP contribution in [0.25, 0.3) is 11.4 Å². The fourth-order valence-corrected chi connectivity index (χ4v) is 4.83. The Morgan fingerprint density at radius 3 is 2.59 bits per heavy atom. The largest absolute Gasteiger partial charge is 0.505 e. The Bertz CT molecular complexity index is 1280. The molecule has 2 aliphatic rings. The summed E-state index contributed by atoms with van der Waals surface area (Å²) in [7, 11) is 0. The van der Waals surface area contributed by atoms with Crippen LogP contribution in [0.3, 0.4) is 0 Å². The van der Waals surface area contributed by atoms with Gasteiger partial charge in [0.15, 0.2) is 5.76 Å². The van der Waals surface area contributed by atoms with Crippen molar-refractivity contribution in [2.75, 3.05) is 39.4 Å². The van der Waals surface area contributed by atoms with E-state index in [4.69, 9.17) is 16.3 Å². The predicted octanol–water partition coefficient (Wildman–Crippen LogP) is 3.05. The van der Waals surface area contributed by atoms with E-state index >= 15 is 0 Å². The van der Waals surface area contributed by atoms with Crippen LogP contribution in [-0.2, 0) is 14.3 Å². The maximum Gasteiger partial charge on any atom is 0.295 e. The molecule has 2 aromatic heterocycles. The number of aliphatic hydroxyl groups is 1. The number of hydrogen-bond donors (Lipinski definition) is 1. The number of likely N-dealkylation sites (tertiary alicyclic amines) is 1. The van der Waals surface area contributed by atoms with Crippen molar-refractivity contribution in [1.29, 1.82) is 0 Å². The number of carbonyl (C=O) groups excluding carboxylic acids is 2. The third-order valence-corrected chi connectivity index (χ3v) is 6.67. The monoisotopic (exact) mass is 480 g/mol. The van der Waals surface area contributed by atoms with Gasteiger partial charge in [-0.3, -0.25) is 18.9 Å². The van der Waals surface area contributed by atoms with E-state index in [2.05, 4.69) is 9.88 Å². The fourth-order valence-electron chi connectivity index (χ4n) is 4.70. The van der Waals surface area contributed by atoms with E-state index in [0.29, 0.717) is 53.9 Å². The van der Waals surface area contributed by atoms with Crippen molar-refractivity contribution in [3.63, 3.8) is 0 Å². The van der Waals surface area contributed by atoms with Gasteiger partial charge in [-0.15, -0.1) is 0 Å². The van der Waals surface area contributed by atoms with E-state index in [0.717, 1.165) is 13.1 Å². The molecule has 0 unspecified atom stereocenters. The van der Waals surface area contributed by atoms with Crippen LogP contribution in [-0.4, -0.2) is 75.4 Å². The minimum Gasteiger partial charge on any atom is -0.505 e. The molecular formula is C25H25ClN4O4. The first-order valence-corrected chi connectivity index (χ1v) is 11.6. The van der Waals surface area contributed by atoms with E-state index in [9.17, 15) is 14.7 Å². The number of amides is 1. The van der Waals surface area contributed by atoms with Gasteiger partial charge in [0.1, 0.15) is 11.3 Å². The number of pyridine rings is 1. The number of ether oxygens (including phenoxy) is 1. The average molecular weight is 481 g/mol. The van der Waals surface area contributed by atoms with Crippen molar-refractivity contribution < 1.29 is 19.4 Å². The summed E-state index contributed by atoms with van der Waals surface area (Å²) in [5.41, 5.74) is 2.38. The molecule has 1 atom stereocenters. The molecule has 2 aliphatic heterocycles. The van der Waals surface area contributed by atoms with Gasteiger partial charge in [-0.2, -0.15) is 0 Å². The number of aliphatic hydroxyl groups excluding tert-OH is 1. The van der Waals surface area contributed by atoms with Crippen LogP contribution >= 0.6 is 11.6 Å². The van der Waals surface area contributed by atoms with Gasteiger partial charge in [-0.1, -0.05) is 29.8 Å². The van der Waals surface area contributed by atoms with Crippen LogP contribution in [0.1, 0.15) is 23.0 Å². The minimum absolute atomic E-state index is 0.0584. The Morgan fingerprint density at radius 1 is 1.12 bits per heavy atom. The highest BCUT2D eigenvalue weighted by Gasteiger charge is 2.46. The number of hydrogen-bond acceptors (Lipinski definition) is 6. The van der Waals surface area contributed by atoms with Crippen LogP contribution in [0.5, 0.6) is 0 Å². The van der Waals surface area contributed by atoms with Gasteiger partial charge < -0.3 is 14.7 Å². The third kappa shape index (κ3) is 3.98. The van der Waals surface area contributed by atoms with Crippen LogP contribution in [0, 0.1) is 6.92 Å². The number of imidazole rings is 1. The minimum atomic E-state index is -0.730. The van der Waals surface area contributed by atoms with E-state index in [1.165, 1.54) is 0 Å². The number of halogens is 1. The number of fused-ring (bicyclic) bond motifs is 1. The molecule has 2 fully saturated rings. The highest BCUT2D eigenvalue weighted by Crippen LogP contribution is 2.40. The van der Waals surface area contributed by atoms with Gasteiger partial charge in [0.05, 0.1) is 30.5 Å². The molecule has 34 heavy (non-hydrogen) atoms. The van der Waals surface area contributed by atoms with Gasteiger partial charge in [0.25, 0.3) is 11.7 Å². The van der Waals surface area contributed by atoms with Crippen LogP contribution in [0.4, 0.5) is 0 Å². The molecule has 0 bridgehead atoms. The van der Waals surface area contributed by atoms with Crippen LogP contribution in [0.2, 0.25) is 5.02 Å². The molecule has 1 aromatic carbocycles. The normalized spacial score (nSPS) is 21.0. The van der Waals surface area contributed by atoms with E-state index in [-0.39, 0.29) is 11.3 Å². The summed E-state index contributed by atoms with van der Waals surface area (Å²) in [4.78, 5) is 34.8. The zero-order chi connectivity index (χ0) is 23.8. The predicted molar refractivity (Wildman–Crippen MR) is 128 cm³/mol. The lowest BCUT2D eigenvalue weighted by molar-refractivity contribution is -0.140. The van der Waals surface area contributed by atoms with Crippen LogP contribution in [0.15, 0.2) is 54.2 Å². The number of carbonyl (C=O) groups is 2. The number of aromatic nitrogens is 2. The number of rotatable bonds is 5. The van der Waals surface area contributed by atoms with Gasteiger partial charge in [0.2, 0.25) is 0 Å². The zero-order valence-corrected chi connectivity index (χ0v) is 19.5. The quantitative estimate of drug-likeness (QED) is 0.343. The molecule has 176 valence electrons. The summed E-state index contributed by atoms with van der Waals surface area (Å²) >= 11 is 6.10. The van der Waals surface area contributed by atoms with Crippen molar-refractivity contribution in [3.8, 4) is 0 Å². The Morgan fingerprint density at radius 2 is 1.85 bits per heavy atom. The van der Waals surface area contributed by atoms with Crippen molar-refractivity contribution in [3.05, 3.63) is 76.2 Å². The Kier molecular flexibility index (Phi) is 6.12. The number of ketones is 1. The molecule has 0 spiro atoms. The molecule has 5 rings (SSSR count). The van der Waals surface area contributed by atoms with Gasteiger partial charge >= 0.3 is 0 Å². The molecule has 0 saturated carbocycles. The Balaban J connectivity index is 1.60. The molecule has 0 aliphatic carbocycles. The lowest BCUT2D eigenvalue weighted by Gasteiger charge is -2.31. The summed E-state index contributed by atoms with van der Waals surface area (Å²) < 4.78 is 7.14. The molecule has 3 aromatic rings. The number of Topliss-reactive ketones (excluding diaryl/α,β-unsaturated/α-hetero) is 1. The average Bonchev–Trinajstić information content (AvgIpc) is 3.31. The first kappa shape index (κ1) is 22.6. The summed E-state index contributed by atoms with van der Waals surface area (Å²) in [6.45, 7) is 5.57. The van der Waals surface area contributed by atoms with Crippen LogP contribution < -0.4 is 0 Å². The number of benzene rings is 1. The second-order valence-corrected chi connectivity index (χ2v) is 8.91. The highest BCUT2D eigenvalue weighted by molar-refractivity contribution is 6.46. The van der Waals surface area contributed by atoms with Crippen molar-refractivity contribution in [2.45, 2.75) is 13.0 Å². The smallest absolute Gasteiger partial charge is 0.295 e. The third-order valence-electron chi connectivity index (χ3n) is 6.42. The lowest BCUT2D eigenvalue weighted by Crippen LogP contribution is -2.42. The van der Waals surface area contributed by atoms with Gasteiger partial charge in [-0.05, 0) is 36.8 Å². The molecule has 1 N–H and O–H groups in total. The summed E-state index contributed by atoms with van der Waals surface area (Å²) in [5, 5.41) is 12.0. The molecule has 9 heteroatoms. The molecule has 0 radical (unpaired) electrons. The SMILES string of the molecule is Cc1nc2ccccn2c1C(O)=C1C(=O)C(=O)N(CCN2CCOCC2)[C@H]1c1ccc(Cl)cc1.